The molecular weight excluding hydrogens is 162 g/mol. The van der Waals surface area contributed by atoms with Crippen LogP contribution in [0.25, 0.3) is 0 Å². The van der Waals surface area contributed by atoms with E-state index in [1.165, 1.54) is 6.26 Å². The number of nitrogens with two attached hydrogens (primary N) is 1. The first kappa shape index (κ1) is 11.9. The van der Waals surface area contributed by atoms with Crippen molar-refractivity contribution in [2.24, 2.45) is 5.73 Å². The lowest BCUT2D eigenvalue weighted by molar-refractivity contribution is 0.596. The zero-order valence-corrected chi connectivity index (χ0v) is 7.13. The number of rotatable bonds is 2. The van der Waals surface area contributed by atoms with E-state index in [1.807, 2.05) is 0 Å². The third kappa shape index (κ3) is 11.7. The molecule has 0 aliphatic rings. The second-order valence-corrected chi connectivity index (χ2v) is 4.25. The highest BCUT2D eigenvalue weighted by Gasteiger charge is 2.03. The molecule has 0 amide bonds. The fourth-order valence-corrected chi connectivity index (χ4v) is 1.43. The van der Waals surface area contributed by atoms with Crippen LogP contribution in [0, 0.1) is 0 Å². The van der Waals surface area contributed by atoms with Crippen LogP contribution in [0.1, 0.15) is 6.92 Å². The van der Waals surface area contributed by atoms with Crippen molar-refractivity contribution in [3.05, 3.63) is 0 Å². The summed E-state index contributed by atoms with van der Waals surface area (Å²) in [6, 6.07) is -0.245. The van der Waals surface area contributed by atoms with Gasteiger partial charge in [0.25, 0.3) is 0 Å². The Balaban J connectivity index is 0. The highest BCUT2D eigenvalue weighted by atomic mass is 35.5. The zero-order valence-electron chi connectivity index (χ0n) is 5.49. The van der Waals surface area contributed by atoms with Crippen LogP contribution in [0.5, 0.6) is 0 Å². The first-order valence-electron chi connectivity index (χ1n) is 2.35. The lowest BCUT2D eigenvalue weighted by Crippen LogP contribution is -2.25. The lowest BCUT2D eigenvalue weighted by Gasteiger charge is -1.99. The largest absolute Gasteiger partial charge is 0.327 e. The molecule has 0 radical (unpaired) electrons. The maximum Gasteiger partial charge on any atom is 0.148 e. The van der Waals surface area contributed by atoms with Gasteiger partial charge in [-0.05, 0) is 6.92 Å². The molecule has 58 valence electrons. The molecular formula is C4H12ClNO2S. The van der Waals surface area contributed by atoms with E-state index in [0.717, 1.165) is 0 Å². The summed E-state index contributed by atoms with van der Waals surface area (Å²) < 4.78 is 20.7. The molecule has 9 heavy (non-hydrogen) atoms. The summed E-state index contributed by atoms with van der Waals surface area (Å²) in [7, 11) is -2.85. The molecule has 1 atom stereocenters. The number of hydrogen-bond donors (Lipinski definition) is 1. The van der Waals surface area contributed by atoms with Gasteiger partial charge in [0.05, 0.1) is 5.75 Å². The van der Waals surface area contributed by atoms with Gasteiger partial charge in [-0.1, -0.05) is 0 Å². The van der Waals surface area contributed by atoms with Crippen LogP contribution < -0.4 is 5.73 Å². The quantitative estimate of drug-likeness (QED) is 0.629. The summed E-state index contributed by atoms with van der Waals surface area (Å²) in [6.45, 7) is 1.67. The Morgan fingerprint density at radius 3 is 1.89 bits per heavy atom. The topological polar surface area (TPSA) is 60.2 Å². The highest BCUT2D eigenvalue weighted by Crippen LogP contribution is 1.84. The Morgan fingerprint density at radius 1 is 1.56 bits per heavy atom. The third-order valence-corrected chi connectivity index (χ3v) is 1.70. The van der Waals surface area contributed by atoms with Crippen LogP contribution >= 0.6 is 12.4 Å². The van der Waals surface area contributed by atoms with Crippen molar-refractivity contribution in [3.63, 3.8) is 0 Å². The van der Waals surface area contributed by atoms with Crippen molar-refractivity contribution in [2.45, 2.75) is 13.0 Å². The minimum Gasteiger partial charge on any atom is -0.327 e. The standard InChI is InChI=1S/C4H11NO2S.ClH/c1-4(5)3-8(2,6)7;/h4H,3,5H2,1-2H3;1H/t4-;/m1./s1. The predicted molar refractivity (Wildman–Crippen MR) is 40.6 cm³/mol. The summed E-state index contributed by atoms with van der Waals surface area (Å²) in [5.41, 5.74) is 5.20. The van der Waals surface area contributed by atoms with Crippen molar-refractivity contribution in [1.29, 1.82) is 0 Å². The van der Waals surface area contributed by atoms with Gasteiger partial charge in [-0.2, -0.15) is 0 Å². The number of halogens is 1. The van der Waals surface area contributed by atoms with Gasteiger partial charge in [0, 0.05) is 12.3 Å². The number of sulfone groups is 1. The molecule has 0 rings (SSSR count). The fourth-order valence-electron chi connectivity index (χ4n) is 0.478. The van der Waals surface area contributed by atoms with Gasteiger partial charge in [0.2, 0.25) is 0 Å². The van der Waals surface area contributed by atoms with Gasteiger partial charge in [-0.3, -0.25) is 0 Å². The van der Waals surface area contributed by atoms with E-state index in [0.29, 0.717) is 0 Å². The van der Waals surface area contributed by atoms with E-state index >= 15 is 0 Å². The first-order valence-corrected chi connectivity index (χ1v) is 4.41. The molecule has 0 saturated carbocycles. The molecule has 0 saturated heterocycles. The normalized spacial score (nSPS) is 14.1. The van der Waals surface area contributed by atoms with Crippen molar-refractivity contribution in [3.8, 4) is 0 Å². The molecule has 5 heteroatoms. The van der Waals surface area contributed by atoms with Crippen molar-refractivity contribution < 1.29 is 8.42 Å². The summed E-state index contributed by atoms with van der Waals surface area (Å²) in [5, 5.41) is 0. The van der Waals surface area contributed by atoms with Gasteiger partial charge >= 0.3 is 0 Å². The SMILES string of the molecule is C[C@@H](N)CS(C)(=O)=O.Cl. The van der Waals surface area contributed by atoms with Gasteiger partial charge in [0.15, 0.2) is 0 Å². The van der Waals surface area contributed by atoms with Gasteiger partial charge < -0.3 is 5.73 Å². The molecule has 0 bridgehead atoms. The second-order valence-electron chi connectivity index (χ2n) is 2.07. The van der Waals surface area contributed by atoms with E-state index in [2.05, 4.69) is 0 Å². The molecule has 0 heterocycles. The number of hydrogen-bond acceptors (Lipinski definition) is 3. The summed E-state index contributed by atoms with van der Waals surface area (Å²) in [5.74, 6) is 0.0764. The minimum atomic E-state index is -2.85. The Labute approximate surface area is 62.0 Å². The summed E-state index contributed by atoms with van der Waals surface area (Å²) in [4.78, 5) is 0. The molecule has 0 spiro atoms. The lowest BCUT2D eigenvalue weighted by atomic mass is 10.4. The molecule has 0 aliphatic carbocycles. The Hall–Kier alpha value is 0.200. The van der Waals surface area contributed by atoms with Crippen molar-refractivity contribution >= 4 is 22.2 Å². The van der Waals surface area contributed by atoms with Crippen LogP contribution in [0.15, 0.2) is 0 Å². The van der Waals surface area contributed by atoms with Gasteiger partial charge in [0.1, 0.15) is 9.84 Å². The van der Waals surface area contributed by atoms with E-state index in [4.69, 9.17) is 5.73 Å². The van der Waals surface area contributed by atoms with E-state index < -0.39 is 9.84 Å². The van der Waals surface area contributed by atoms with Gasteiger partial charge in [-0.25, -0.2) is 8.42 Å². The summed E-state index contributed by atoms with van der Waals surface area (Å²) >= 11 is 0. The van der Waals surface area contributed by atoms with Crippen LogP contribution in [-0.2, 0) is 9.84 Å². The van der Waals surface area contributed by atoms with Crippen molar-refractivity contribution in [1.82, 2.24) is 0 Å². The van der Waals surface area contributed by atoms with Crippen LogP contribution in [0.4, 0.5) is 0 Å². The zero-order chi connectivity index (χ0) is 6.78. The predicted octanol–water partition coefficient (Wildman–Crippen LogP) is -0.200. The molecule has 0 unspecified atom stereocenters. The minimum absolute atomic E-state index is 0. The maximum atomic E-state index is 10.4. The molecule has 0 fully saturated rings. The second kappa shape index (κ2) is 4.09. The smallest absolute Gasteiger partial charge is 0.148 e. The van der Waals surface area contributed by atoms with E-state index in [9.17, 15) is 8.42 Å². The third-order valence-electron chi connectivity index (χ3n) is 0.566. The fraction of sp³-hybridized carbons (Fsp3) is 1.00. The average molecular weight is 174 g/mol. The maximum absolute atomic E-state index is 10.4. The Morgan fingerprint density at radius 2 is 1.89 bits per heavy atom. The van der Waals surface area contributed by atoms with Crippen molar-refractivity contribution in [2.75, 3.05) is 12.0 Å². The van der Waals surface area contributed by atoms with Gasteiger partial charge in [-0.15, -0.1) is 12.4 Å². The molecule has 0 aromatic rings. The average Bonchev–Trinajstić information content (AvgIpc) is 1.21. The summed E-state index contributed by atoms with van der Waals surface area (Å²) in [6.07, 6.45) is 1.18. The van der Waals surface area contributed by atoms with Crippen LogP contribution in [0.2, 0.25) is 0 Å². The molecule has 0 aromatic heterocycles. The molecule has 2 N–H and O–H groups in total. The van der Waals surface area contributed by atoms with Crippen LogP contribution in [0.3, 0.4) is 0 Å². The van der Waals surface area contributed by atoms with E-state index in [-0.39, 0.29) is 24.2 Å². The first-order chi connectivity index (χ1) is 3.42. The highest BCUT2D eigenvalue weighted by molar-refractivity contribution is 7.90. The van der Waals surface area contributed by atoms with E-state index in [1.54, 1.807) is 6.92 Å². The van der Waals surface area contributed by atoms with Crippen LogP contribution in [-0.4, -0.2) is 26.5 Å². The molecule has 0 aromatic carbocycles. The monoisotopic (exact) mass is 173 g/mol. The molecule has 0 aliphatic heterocycles. The Kier molecular flexibility index (Phi) is 5.42. The molecule has 3 nitrogen and oxygen atoms in total. The Bertz CT molecular complexity index is 152.